The van der Waals surface area contributed by atoms with E-state index >= 15 is 0 Å². The molecule has 3 aliphatic rings. The molecule has 50 heavy (non-hydrogen) atoms. The molecule has 0 saturated carbocycles. The lowest BCUT2D eigenvalue weighted by atomic mass is 9.72. The number of benzene rings is 2. The molecular weight excluding hydrogens is 654 g/mol. The molecule has 5 rings (SSSR count). The van der Waals surface area contributed by atoms with E-state index in [0.717, 1.165) is 0 Å². The summed E-state index contributed by atoms with van der Waals surface area (Å²) in [7, 11) is 1.31. The second-order valence-electron chi connectivity index (χ2n) is 14.4. The molecule has 2 aromatic rings. The Labute approximate surface area is 288 Å². The molecule has 270 valence electrons. The van der Waals surface area contributed by atoms with Crippen molar-refractivity contribution in [2.75, 3.05) is 13.7 Å². The highest BCUT2D eigenvalue weighted by molar-refractivity contribution is 6.31. The third-order valence-electron chi connectivity index (χ3n) is 9.47. The normalized spacial score (nSPS) is 26.0. The minimum Gasteiger partial charge on any atom is -0.507 e. The number of rotatable bonds is 10. The van der Waals surface area contributed by atoms with Crippen LogP contribution < -0.4 is 10.1 Å². The summed E-state index contributed by atoms with van der Waals surface area (Å²) in [6, 6.07) is 3.40. The average Bonchev–Trinajstić information content (AvgIpc) is 3.04. The van der Waals surface area contributed by atoms with Crippen LogP contribution in [0.1, 0.15) is 109 Å². The monoisotopic (exact) mass is 697 g/mol. The standard InChI is InChI=1S/C36H43NO13/c1-16-30(42)20(37-24(41)10-9-17(39)12-35(2,3)4)11-25(49-16)50-22-14-36(47,23(40)15-38)13-19-27(22)34(46)29-28(32(19)44)31(43)18-7-6-8-21(48-5)26(18)33(29)45/h6-8,16,20,22,25,30,38,42,44,46-47H,9-15H2,1-5H3,(H,37,41)/t16-,20-,22-,25-,30+,36-/m0/s1. The molecule has 2 aliphatic carbocycles. The van der Waals surface area contributed by atoms with Gasteiger partial charge in [0, 0.05) is 55.2 Å². The number of carbonyl (C=O) groups excluding carboxylic acids is 5. The summed E-state index contributed by atoms with van der Waals surface area (Å²) in [6.07, 6.45) is -5.92. The Bertz CT molecular complexity index is 1740. The van der Waals surface area contributed by atoms with Crippen LogP contribution in [0, 0.1) is 5.41 Å². The quantitative estimate of drug-likeness (QED) is 0.167. The summed E-state index contributed by atoms with van der Waals surface area (Å²) < 4.78 is 17.4. The van der Waals surface area contributed by atoms with E-state index in [0.29, 0.717) is 6.42 Å². The van der Waals surface area contributed by atoms with Gasteiger partial charge in [0.1, 0.15) is 41.3 Å². The van der Waals surface area contributed by atoms with E-state index in [9.17, 15) is 49.5 Å². The highest BCUT2D eigenvalue weighted by Crippen LogP contribution is 2.52. The SMILES string of the molecule is COc1cccc2c1C(=O)c1c(O)c3c(c(O)c1C2=O)C[C@@](O)(C(=O)CO)C[C@@H]3O[C@H]1C[C@H](NC(=O)CCC(=O)CC(C)(C)C)[C@H](O)[C@H](C)O1. The van der Waals surface area contributed by atoms with Crippen molar-refractivity contribution in [3.05, 3.63) is 51.6 Å². The molecule has 1 aliphatic heterocycles. The van der Waals surface area contributed by atoms with Crippen molar-refractivity contribution < 1.29 is 63.7 Å². The van der Waals surface area contributed by atoms with Crippen molar-refractivity contribution in [2.45, 2.75) is 102 Å². The molecule has 1 fully saturated rings. The number of methoxy groups -OCH3 is 1. The number of carbonyl (C=O) groups is 5. The maximum absolute atomic E-state index is 13.9. The topological polar surface area (TPSA) is 226 Å². The Balaban J connectivity index is 1.48. The Morgan fingerprint density at radius 2 is 1.72 bits per heavy atom. The largest absolute Gasteiger partial charge is 0.507 e. The first kappa shape index (κ1) is 37.1. The van der Waals surface area contributed by atoms with Crippen molar-refractivity contribution in [2.24, 2.45) is 5.41 Å². The molecule has 14 heteroatoms. The third kappa shape index (κ3) is 6.90. The number of fused-ring (bicyclic) bond motifs is 3. The van der Waals surface area contributed by atoms with Crippen LogP contribution in [-0.4, -0.2) is 98.4 Å². The van der Waals surface area contributed by atoms with Gasteiger partial charge >= 0.3 is 0 Å². The van der Waals surface area contributed by atoms with Gasteiger partial charge in [-0.3, -0.25) is 24.0 Å². The molecule has 1 heterocycles. The molecule has 2 aromatic carbocycles. The first-order valence-electron chi connectivity index (χ1n) is 16.4. The molecular formula is C36H43NO13. The summed E-state index contributed by atoms with van der Waals surface area (Å²) in [4.78, 5) is 65.6. The third-order valence-corrected chi connectivity index (χ3v) is 9.47. The second kappa shape index (κ2) is 13.8. The number of nitrogens with one attached hydrogen (secondary N) is 1. The van der Waals surface area contributed by atoms with Crippen LogP contribution in [0.2, 0.25) is 0 Å². The Morgan fingerprint density at radius 1 is 1.04 bits per heavy atom. The lowest BCUT2D eigenvalue weighted by Crippen LogP contribution is -2.55. The lowest BCUT2D eigenvalue weighted by molar-refractivity contribution is -0.249. The van der Waals surface area contributed by atoms with Gasteiger partial charge in [0.15, 0.2) is 17.9 Å². The van der Waals surface area contributed by atoms with Crippen LogP contribution >= 0.6 is 0 Å². The summed E-state index contributed by atoms with van der Waals surface area (Å²) >= 11 is 0. The molecule has 0 radical (unpaired) electrons. The average molecular weight is 698 g/mol. The number of hydrogen-bond donors (Lipinski definition) is 6. The fourth-order valence-electron chi connectivity index (χ4n) is 7.07. The summed E-state index contributed by atoms with van der Waals surface area (Å²) in [6.45, 7) is 6.20. The van der Waals surface area contributed by atoms with Gasteiger partial charge in [0.25, 0.3) is 0 Å². The molecule has 0 aromatic heterocycles. The van der Waals surface area contributed by atoms with Gasteiger partial charge in [0.2, 0.25) is 11.7 Å². The van der Waals surface area contributed by atoms with Crippen molar-refractivity contribution >= 4 is 29.0 Å². The molecule has 1 saturated heterocycles. The smallest absolute Gasteiger partial charge is 0.220 e. The fraction of sp³-hybridized carbons (Fsp3) is 0.528. The maximum atomic E-state index is 13.9. The van der Waals surface area contributed by atoms with Crippen molar-refractivity contribution in [1.82, 2.24) is 5.32 Å². The van der Waals surface area contributed by atoms with E-state index in [1.807, 2.05) is 20.8 Å². The number of ether oxygens (including phenoxy) is 3. The number of phenolic OH excluding ortho intramolecular Hbond substituents is 2. The van der Waals surface area contributed by atoms with Crippen molar-refractivity contribution in [1.29, 1.82) is 0 Å². The highest BCUT2D eigenvalue weighted by atomic mass is 16.7. The van der Waals surface area contributed by atoms with Crippen LogP contribution in [0.4, 0.5) is 0 Å². The predicted octanol–water partition coefficient (Wildman–Crippen LogP) is 1.94. The second-order valence-corrected chi connectivity index (χ2v) is 14.4. The van der Waals surface area contributed by atoms with E-state index < -0.39 is 102 Å². The molecule has 0 spiro atoms. The number of hydrogen-bond acceptors (Lipinski definition) is 13. The number of phenols is 2. The molecule has 6 N–H and O–H groups in total. The zero-order valence-electron chi connectivity index (χ0n) is 28.6. The molecule has 1 amide bonds. The first-order valence-corrected chi connectivity index (χ1v) is 16.4. The molecule has 14 nitrogen and oxygen atoms in total. The minimum absolute atomic E-state index is 0.0128. The van der Waals surface area contributed by atoms with E-state index in [-0.39, 0.29) is 58.5 Å². The van der Waals surface area contributed by atoms with Gasteiger partial charge in [-0.05, 0) is 18.4 Å². The van der Waals surface area contributed by atoms with Gasteiger partial charge < -0.3 is 45.1 Å². The van der Waals surface area contributed by atoms with Crippen LogP contribution in [-0.2, 0) is 30.3 Å². The van der Waals surface area contributed by atoms with Crippen LogP contribution in [0.5, 0.6) is 17.2 Å². The van der Waals surface area contributed by atoms with E-state index in [1.54, 1.807) is 0 Å². The number of aromatic hydroxyl groups is 2. The lowest BCUT2D eigenvalue weighted by Gasteiger charge is -2.43. The molecule has 6 atom stereocenters. The Morgan fingerprint density at radius 3 is 2.36 bits per heavy atom. The maximum Gasteiger partial charge on any atom is 0.220 e. The zero-order chi connectivity index (χ0) is 36.9. The number of aliphatic hydroxyl groups excluding tert-OH is 2. The fourth-order valence-corrected chi connectivity index (χ4v) is 7.07. The molecule has 0 unspecified atom stereocenters. The Hall–Kier alpha value is -4.21. The number of amides is 1. The molecule has 0 bridgehead atoms. The number of aliphatic hydroxyl groups is 3. The van der Waals surface area contributed by atoms with Crippen molar-refractivity contribution in [3.8, 4) is 17.2 Å². The van der Waals surface area contributed by atoms with E-state index in [4.69, 9.17) is 14.2 Å². The highest BCUT2D eigenvalue weighted by Gasteiger charge is 2.50. The van der Waals surface area contributed by atoms with Crippen LogP contribution in [0.3, 0.4) is 0 Å². The summed E-state index contributed by atoms with van der Waals surface area (Å²) in [5.41, 5.74) is -4.26. The number of ketones is 4. The zero-order valence-corrected chi connectivity index (χ0v) is 28.6. The van der Waals surface area contributed by atoms with Gasteiger partial charge in [-0.1, -0.05) is 32.9 Å². The van der Waals surface area contributed by atoms with Crippen molar-refractivity contribution in [3.63, 3.8) is 0 Å². The Kier molecular flexibility index (Phi) is 10.3. The van der Waals surface area contributed by atoms with Gasteiger partial charge in [-0.15, -0.1) is 0 Å². The van der Waals surface area contributed by atoms with Crippen LogP contribution in [0.15, 0.2) is 18.2 Å². The van der Waals surface area contributed by atoms with Crippen LogP contribution in [0.25, 0.3) is 0 Å². The summed E-state index contributed by atoms with van der Waals surface area (Å²) in [5, 5.41) is 58.0. The van der Waals surface area contributed by atoms with Gasteiger partial charge in [-0.2, -0.15) is 0 Å². The minimum atomic E-state index is -2.33. The number of Topliss-reactive ketones (excluding diaryl/α,β-unsaturated/α-hetero) is 2. The van der Waals surface area contributed by atoms with E-state index in [2.05, 4.69) is 5.32 Å². The first-order chi connectivity index (χ1) is 23.4. The summed E-state index contributed by atoms with van der Waals surface area (Å²) in [5.74, 6) is -4.62. The van der Waals surface area contributed by atoms with Gasteiger partial charge in [0.05, 0.1) is 42.0 Å². The van der Waals surface area contributed by atoms with Gasteiger partial charge in [-0.25, -0.2) is 0 Å². The predicted molar refractivity (Wildman–Crippen MR) is 174 cm³/mol. The van der Waals surface area contributed by atoms with E-state index in [1.165, 1.54) is 32.2 Å².